The maximum Gasteiger partial charge on any atom is 0.416 e. The number of benzene rings is 1. The van der Waals surface area contributed by atoms with E-state index in [1.54, 1.807) is 4.90 Å². The zero-order valence-corrected chi connectivity index (χ0v) is 13.7. The first-order chi connectivity index (χ1) is 11.8. The second kappa shape index (κ2) is 8.33. The lowest BCUT2D eigenvalue weighted by molar-refractivity contribution is -0.137. The average molecular weight is 358 g/mol. The van der Waals surface area contributed by atoms with Crippen LogP contribution < -0.4 is 5.32 Å². The Labute approximate surface area is 143 Å². The summed E-state index contributed by atoms with van der Waals surface area (Å²) in [6.07, 6.45) is -3.33. The highest BCUT2D eigenvalue weighted by Crippen LogP contribution is 2.29. The van der Waals surface area contributed by atoms with E-state index in [1.165, 1.54) is 12.1 Å². The molecular formula is C17H21F3N2O3. The maximum absolute atomic E-state index is 12.5. The molecule has 1 fully saturated rings. The molecule has 25 heavy (non-hydrogen) atoms. The Morgan fingerprint density at radius 3 is 2.52 bits per heavy atom. The minimum Gasteiger partial charge on any atom is -0.387 e. The number of carbonyl (C=O) groups excluding carboxylic acids is 2. The SMILES string of the molecule is O=C(CCCN1CCCC1=O)NC[C@@H](O)c1ccc(C(F)(F)F)cc1. The Hall–Kier alpha value is -2.09. The number of nitrogens with one attached hydrogen (secondary N) is 1. The number of amides is 2. The summed E-state index contributed by atoms with van der Waals surface area (Å²) in [7, 11) is 0. The quantitative estimate of drug-likeness (QED) is 0.786. The molecule has 2 N–H and O–H groups in total. The van der Waals surface area contributed by atoms with E-state index in [2.05, 4.69) is 5.32 Å². The lowest BCUT2D eigenvalue weighted by Gasteiger charge is -2.16. The van der Waals surface area contributed by atoms with Crippen LogP contribution in [0.3, 0.4) is 0 Å². The van der Waals surface area contributed by atoms with Crippen molar-refractivity contribution < 1.29 is 27.9 Å². The molecule has 1 atom stereocenters. The second-order valence-corrected chi connectivity index (χ2v) is 6.03. The molecule has 1 saturated heterocycles. The summed E-state index contributed by atoms with van der Waals surface area (Å²) in [6.45, 7) is 1.19. The number of halogens is 3. The average Bonchev–Trinajstić information content (AvgIpc) is 2.97. The highest BCUT2D eigenvalue weighted by atomic mass is 19.4. The lowest BCUT2D eigenvalue weighted by atomic mass is 10.1. The van der Waals surface area contributed by atoms with Crippen molar-refractivity contribution in [2.24, 2.45) is 0 Å². The monoisotopic (exact) mass is 358 g/mol. The van der Waals surface area contributed by atoms with Crippen LogP contribution in [0.2, 0.25) is 0 Å². The molecule has 0 aliphatic carbocycles. The fourth-order valence-corrected chi connectivity index (χ4v) is 2.68. The van der Waals surface area contributed by atoms with Crippen LogP contribution in [0.5, 0.6) is 0 Å². The van der Waals surface area contributed by atoms with Crippen LogP contribution >= 0.6 is 0 Å². The van der Waals surface area contributed by atoms with Crippen LogP contribution in [0.1, 0.15) is 42.9 Å². The first-order valence-electron chi connectivity index (χ1n) is 8.17. The van der Waals surface area contributed by atoms with E-state index < -0.39 is 17.8 Å². The molecule has 1 aromatic rings. The summed E-state index contributed by atoms with van der Waals surface area (Å²) in [4.78, 5) is 24.9. The molecule has 2 amide bonds. The van der Waals surface area contributed by atoms with E-state index in [1.807, 2.05) is 0 Å². The van der Waals surface area contributed by atoms with E-state index >= 15 is 0 Å². The number of aliphatic hydroxyl groups is 1. The van der Waals surface area contributed by atoms with Crippen LogP contribution in [0.25, 0.3) is 0 Å². The van der Waals surface area contributed by atoms with Gasteiger partial charge in [-0.05, 0) is 30.5 Å². The molecule has 138 valence electrons. The van der Waals surface area contributed by atoms with Crippen molar-refractivity contribution in [3.8, 4) is 0 Å². The van der Waals surface area contributed by atoms with Crippen molar-refractivity contribution >= 4 is 11.8 Å². The molecule has 1 aliphatic heterocycles. The molecule has 0 radical (unpaired) electrons. The van der Waals surface area contributed by atoms with E-state index in [0.717, 1.165) is 25.1 Å². The summed E-state index contributed by atoms with van der Waals surface area (Å²) in [6, 6.07) is 4.18. The highest BCUT2D eigenvalue weighted by molar-refractivity contribution is 5.78. The number of hydrogen-bond donors (Lipinski definition) is 2. The Bertz CT molecular complexity index is 602. The first kappa shape index (κ1) is 19.2. The van der Waals surface area contributed by atoms with Gasteiger partial charge in [0.15, 0.2) is 0 Å². The molecule has 0 unspecified atom stereocenters. The Morgan fingerprint density at radius 2 is 1.96 bits per heavy atom. The van der Waals surface area contributed by atoms with Gasteiger partial charge >= 0.3 is 6.18 Å². The second-order valence-electron chi connectivity index (χ2n) is 6.03. The molecule has 0 spiro atoms. The number of aliphatic hydroxyl groups excluding tert-OH is 1. The molecule has 1 aliphatic rings. The maximum atomic E-state index is 12.5. The third-order valence-corrected chi connectivity index (χ3v) is 4.12. The molecule has 0 aromatic heterocycles. The zero-order chi connectivity index (χ0) is 18.4. The number of hydrogen-bond acceptors (Lipinski definition) is 3. The predicted octanol–water partition coefficient (Wildman–Crippen LogP) is 2.26. The van der Waals surface area contributed by atoms with Crippen LogP contribution in [0, 0.1) is 0 Å². The number of nitrogens with zero attached hydrogens (tertiary/aromatic N) is 1. The summed E-state index contributed by atoms with van der Waals surface area (Å²) in [5, 5.41) is 12.5. The Kier molecular flexibility index (Phi) is 6.41. The molecule has 0 bridgehead atoms. The fraction of sp³-hybridized carbons (Fsp3) is 0.529. The van der Waals surface area contributed by atoms with Crippen LogP contribution in [0.15, 0.2) is 24.3 Å². The standard InChI is InChI=1S/C17H21F3N2O3/c18-17(19,20)13-7-5-12(6-8-13)14(23)11-21-15(24)3-1-9-22-10-2-4-16(22)25/h5-8,14,23H,1-4,9-11H2,(H,21,24)/t14-/m1/s1. The third kappa shape index (κ3) is 5.74. The van der Waals surface area contributed by atoms with E-state index in [-0.39, 0.29) is 24.8 Å². The van der Waals surface area contributed by atoms with E-state index in [0.29, 0.717) is 24.9 Å². The molecule has 8 heteroatoms. The van der Waals surface area contributed by atoms with Crippen LogP contribution in [-0.4, -0.2) is 41.5 Å². The minimum atomic E-state index is -4.42. The topological polar surface area (TPSA) is 69.6 Å². The summed E-state index contributed by atoms with van der Waals surface area (Å²) in [5.41, 5.74) is -0.486. The Morgan fingerprint density at radius 1 is 1.28 bits per heavy atom. The smallest absolute Gasteiger partial charge is 0.387 e. The van der Waals surface area contributed by atoms with Gasteiger partial charge in [0.2, 0.25) is 11.8 Å². The molecule has 1 heterocycles. The van der Waals surface area contributed by atoms with Gasteiger partial charge in [-0.3, -0.25) is 9.59 Å². The number of carbonyl (C=O) groups is 2. The number of rotatable bonds is 7. The van der Waals surface area contributed by atoms with Gasteiger partial charge < -0.3 is 15.3 Å². The molecule has 0 saturated carbocycles. The van der Waals surface area contributed by atoms with Gasteiger partial charge in [-0.2, -0.15) is 13.2 Å². The van der Waals surface area contributed by atoms with Crippen LogP contribution in [0.4, 0.5) is 13.2 Å². The van der Waals surface area contributed by atoms with Crippen molar-refractivity contribution in [1.82, 2.24) is 10.2 Å². The van der Waals surface area contributed by atoms with Gasteiger partial charge in [0.25, 0.3) is 0 Å². The fourth-order valence-electron chi connectivity index (χ4n) is 2.68. The first-order valence-corrected chi connectivity index (χ1v) is 8.17. The van der Waals surface area contributed by atoms with E-state index in [9.17, 15) is 27.9 Å². The molecule has 2 rings (SSSR count). The summed E-state index contributed by atoms with van der Waals surface area (Å²) in [5.74, 6) is -0.157. The van der Waals surface area contributed by atoms with E-state index in [4.69, 9.17) is 0 Å². The third-order valence-electron chi connectivity index (χ3n) is 4.12. The van der Waals surface area contributed by atoms with Crippen molar-refractivity contribution in [3.63, 3.8) is 0 Å². The number of alkyl halides is 3. The van der Waals surface area contributed by atoms with Crippen molar-refractivity contribution in [1.29, 1.82) is 0 Å². The van der Waals surface area contributed by atoms with Crippen molar-refractivity contribution in [2.45, 2.75) is 38.0 Å². The summed E-state index contributed by atoms with van der Waals surface area (Å²) < 4.78 is 37.5. The van der Waals surface area contributed by atoms with Gasteiger partial charge in [0, 0.05) is 32.5 Å². The van der Waals surface area contributed by atoms with Crippen molar-refractivity contribution in [3.05, 3.63) is 35.4 Å². The largest absolute Gasteiger partial charge is 0.416 e. The van der Waals surface area contributed by atoms with Gasteiger partial charge in [-0.25, -0.2) is 0 Å². The summed E-state index contributed by atoms with van der Waals surface area (Å²) >= 11 is 0. The predicted molar refractivity (Wildman–Crippen MR) is 84.5 cm³/mol. The van der Waals surface area contributed by atoms with Gasteiger partial charge in [-0.1, -0.05) is 12.1 Å². The van der Waals surface area contributed by atoms with Crippen LogP contribution in [-0.2, 0) is 15.8 Å². The molecular weight excluding hydrogens is 337 g/mol. The highest BCUT2D eigenvalue weighted by Gasteiger charge is 2.30. The lowest BCUT2D eigenvalue weighted by Crippen LogP contribution is -2.30. The number of likely N-dealkylation sites (tertiary alicyclic amines) is 1. The normalized spacial score (nSPS) is 16.2. The molecule has 5 nitrogen and oxygen atoms in total. The van der Waals surface area contributed by atoms with Gasteiger partial charge in [0.05, 0.1) is 11.7 Å². The van der Waals surface area contributed by atoms with Gasteiger partial charge in [-0.15, -0.1) is 0 Å². The minimum absolute atomic E-state index is 0.0765. The zero-order valence-electron chi connectivity index (χ0n) is 13.7. The Balaban J connectivity index is 1.70. The van der Waals surface area contributed by atoms with Gasteiger partial charge in [0.1, 0.15) is 0 Å². The van der Waals surface area contributed by atoms with Crippen molar-refractivity contribution in [2.75, 3.05) is 19.6 Å². The molecule has 1 aromatic carbocycles.